The maximum absolute atomic E-state index is 13.2. The summed E-state index contributed by atoms with van der Waals surface area (Å²) in [5, 5.41) is 3.77. The van der Waals surface area contributed by atoms with Gasteiger partial charge in [0.1, 0.15) is 5.82 Å². The van der Waals surface area contributed by atoms with Gasteiger partial charge in [0.05, 0.1) is 5.75 Å². The number of benzene rings is 1. The van der Waals surface area contributed by atoms with Crippen LogP contribution in [0.25, 0.3) is 0 Å². The lowest BCUT2D eigenvalue weighted by molar-refractivity contribution is -0.119. The van der Waals surface area contributed by atoms with Gasteiger partial charge < -0.3 is 10.2 Å². The van der Waals surface area contributed by atoms with Crippen LogP contribution < -0.4 is 5.32 Å². The number of thioether (sulfide) groups is 1. The van der Waals surface area contributed by atoms with Crippen LogP contribution in [0.1, 0.15) is 31.2 Å². The molecule has 1 aliphatic carbocycles. The summed E-state index contributed by atoms with van der Waals surface area (Å²) in [5.74, 6) is 0.153. The van der Waals surface area contributed by atoms with Gasteiger partial charge in [-0.05, 0) is 70.0 Å². The van der Waals surface area contributed by atoms with Crippen molar-refractivity contribution in [3.05, 3.63) is 54.1 Å². The highest BCUT2D eigenvalue weighted by Crippen LogP contribution is 2.35. The molecular weight excluding hydrogens is 375 g/mol. The van der Waals surface area contributed by atoms with E-state index in [1.807, 2.05) is 12.1 Å². The lowest BCUT2D eigenvalue weighted by atomic mass is 9.75. The van der Waals surface area contributed by atoms with Crippen molar-refractivity contribution in [1.29, 1.82) is 0 Å². The maximum Gasteiger partial charge on any atom is 0.230 e. The fraction of sp³-hybridized carbons (Fsp3) is 0.476. The average molecular weight is 403 g/mol. The molecule has 0 bridgehead atoms. The molecule has 1 fully saturated rings. The van der Waals surface area contributed by atoms with Crippen LogP contribution in [0, 0.1) is 5.82 Å². The minimum atomic E-state index is -0.201. The van der Waals surface area contributed by atoms with E-state index < -0.39 is 0 Å². The standard InChI is InChI=1S/C21H27FN4OS/c1-26(2)21(14-16-4-6-17(22)7-5-16)10-8-18(9-11-21)25-19(27)15-28-20-23-12-3-13-24-20/h3-7,12-13,18H,8-11,14-15H2,1-2H3,(H,25,27). The van der Waals surface area contributed by atoms with E-state index in [0.717, 1.165) is 37.7 Å². The first-order valence-corrected chi connectivity index (χ1v) is 10.6. The molecule has 150 valence electrons. The van der Waals surface area contributed by atoms with Crippen LogP contribution in [0.2, 0.25) is 0 Å². The third-order valence-corrected chi connectivity index (χ3v) is 6.43. The highest BCUT2D eigenvalue weighted by molar-refractivity contribution is 7.99. The molecule has 1 aromatic carbocycles. The molecule has 1 amide bonds. The van der Waals surface area contributed by atoms with E-state index in [-0.39, 0.29) is 23.3 Å². The summed E-state index contributed by atoms with van der Waals surface area (Å²) in [5.41, 5.74) is 1.20. The Kier molecular flexibility index (Phi) is 7.02. The SMILES string of the molecule is CN(C)C1(Cc2ccc(F)cc2)CCC(NC(=O)CSc2ncccn2)CC1. The van der Waals surface area contributed by atoms with Crippen molar-refractivity contribution >= 4 is 17.7 Å². The number of amides is 1. The van der Waals surface area contributed by atoms with Crippen molar-refractivity contribution in [2.45, 2.75) is 48.8 Å². The first-order valence-electron chi connectivity index (χ1n) is 9.58. The van der Waals surface area contributed by atoms with Gasteiger partial charge in [-0.1, -0.05) is 23.9 Å². The second kappa shape index (κ2) is 9.47. The Bertz CT molecular complexity index is 762. The molecule has 0 spiro atoms. The van der Waals surface area contributed by atoms with Gasteiger partial charge in [0.25, 0.3) is 0 Å². The zero-order chi connectivity index (χ0) is 20.0. The summed E-state index contributed by atoms with van der Waals surface area (Å²) >= 11 is 1.35. The van der Waals surface area contributed by atoms with Crippen molar-refractivity contribution in [2.75, 3.05) is 19.8 Å². The van der Waals surface area contributed by atoms with Crippen molar-refractivity contribution in [3.8, 4) is 0 Å². The van der Waals surface area contributed by atoms with Crippen LogP contribution >= 0.6 is 11.8 Å². The number of aromatic nitrogens is 2. The van der Waals surface area contributed by atoms with Crippen molar-refractivity contribution in [1.82, 2.24) is 20.2 Å². The summed E-state index contributed by atoms with van der Waals surface area (Å²) in [7, 11) is 4.22. The number of likely N-dealkylation sites (N-methyl/N-ethyl adjacent to an activating group) is 1. The molecule has 28 heavy (non-hydrogen) atoms. The number of hydrogen-bond donors (Lipinski definition) is 1. The summed E-state index contributed by atoms with van der Waals surface area (Å²) in [6.07, 6.45) is 8.12. The van der Waals surface area contributed by atoms with Crippen LogP contribution in [0.3, 0.4) is 0 Å². The Morgan fingerprint density at radius 2 is 1.86 bits per heavy atom. The highest BCUT2D eigenvalue weighted by Gasteiger charge is 2.37. The van der Waals surface area contributed by atoms with Crippen LogP contribution in [0.5, 0.6) is 0 Å². The first-order chi connectivity index (χ1) is 13.5. The summed E-state index contributed by atoms with van der Waals surface area (Å²) in [6, 6.07) is 8.76. The predicted octanol–water partition coefficient (Wildman–Crippen LogP) is 3.31. The number of nitrogens with one attached hydrogen (secondary N) is 1. The summed E-state index contributed by atoms with van der Waals surface area (Å²) < 4.78 is 13.2. The molecule has 3 rings (SSSR count). The Balaban J connectivity index is 1.51. The minimum Gasteiger partial charge on any atom is -0.353 e. The van der Waals surface area contributed by atoms with Crippen LogP contribution in [0.4, 0.5) is 4.39 Å². The van der Waals surface area contributed by atoms with Gasteiger partial charge in [-0.25, -0.2) is 14.4 Å². The van der Waals surface area contributed by atoms with E-state index >= 15 is 0 Å². The second-order valence-corrected chi connectivity index (χ2v) is 8.53. The van der Waals surface area contributed by atoms with Gasteiger partial charge in [-0.15, -0.1) is 0 Å². The molecule has 1 aliphatic rings. The molecule has 1 aromatic heterocycles. The lowest BCUT2D eigenvalue weighted by Gasteiger charge is -2.45. The first kappa shape index (κ1) is 20.7. The molecule has 0 aliphatic heterocycles. The zero-order valence-corrected chi connectivity index (χ0v) is 17.2. The highest BCUT2D eigenvalue weighted by atomic mass is 32.2. The molecular formula is C21H27FN4OS. The average Bonchev–Trinajstić information content (AvgIpc) is 2.70. The topological polar surface area (TPSA) is 58.1 Å². The van der Waals surface area contributed by atoms with E-state index in [0.29, 0.717) is 10.9 Å². The number of hydrogen-bond acceptors (Lipinski definition) is 5. The van der Waals surface area contributed by atoms with Gasteiger partial charge in [0.2, 0.25) is 5.91 Å². The fourth-order valence-electron chi connectivity index (χ4n) is 3.82. The summed E-state index contributed by atoms with van der Waals surface area (Å²) in [6.45, 7) is 0. The molecule has 5 nitrogen and oxygen atoms in total. The normalized spacial score (nSPS) is 22.2. The van der Waals surface area contributed by atoms with Crippen molar-refractivity contribution in [3.63, 3.8) is 0 Å². The third-order valence-electron chi connectivity index (χ3n) is 5.55. The second-order valence-electron chi connectivity index (χ2n) is 7.58. The number of carbonyl (C=O) groups excluding carboxylic acids is 1. The number of rotatable bonds is 7. The van der Waals surface area contributed by atoms with E-state index in [1.165, 1.54) is 23.9 Å². The number of halogens is 1. The van der Waals surface area contributed by atoms with E-state index in [2.05, 4.69) is 34.3 Å². The Hall–Kier alpha value is -1.99. The van der Waals surface area contributed by atoms with Gasteiger partial charge in [0.15, 0.2) is 5.16 Å². The van der Waals surface area contributed by atoms with Gasteiger partial charge in [-0.3, -0.25) is 4.79 Å². The Morgan fingerprint density at radius 1 is 1.21 bits per heavy atom. The number of nitrogens with zero attached hydrogens (tertiary/aromatic N) is 3. The van der Waals surface area contributed by atoms with E-state index in [1.54, 1.807) is 18.5 Å². The smallest absolute Gasteiger partial charge is 0.230 e. The quantitative estimate of drug-likeness (QED) is 0.569. The molecule has 7 heteroatoms. The molecule has 2 aromatic rings. The van der Waals surface area contributed by atoms with Gasteiger partial charge >= 0.3 is 0 Å². The summed E-state index contributed by atoms with van der Waals surface area (Å²) in [4.78, 5) is 22.8. The molecule has 1 N–H and O–H groups in total. The molecule has 0 saturated heterocycles. The van der Waals surface area contributed by atoms with Crippen molar-refractivity contribution in [2.24, 2.45) is 0 Å². The predicted molar refractivity (Wildman–Crippen MR) is 110 cm³/mol. The van der Waals surface area contributed by atoms with Gasteiger partial charge in [-0.2, -0.15) is 0 Å². The van der Waals surface area contributed by atoms with Crippen LogP contribution in [-0.4, -0.2) is 52.2 Å². The zero-order valence-electron chi connectivity index (χ0n) is 16.4. The molecule has 1 heterocycles. The molecule has 1 saturated carbocycles. The molecule has 0 radical (unpaired) electrons. The van der Waals surface area contributed by atoms with Crippen molar-refractivity contribution < 1.29 is 9.18 Å². The van der Waals surface area contributed by atoms with E-state index in [4.69, 9.17) is 0 Å². The van der Waals surface area contributed by atoms with Crippen LogP contribution in [-0.2, 0) is 11.2 Å². The Labute approximate surface area is 170 Å². The monoisotopic (exact) mass is 402 g/mol. The Morgan fingerprint density at radius 3 is 2.46 bits per heavy atom. The third kappa shape index (κ3) is 5.52. The minimum absolute atomic E-state index is 0.0262. The maximum atomic E-state index is 13.2. The van der Waals surface area contributed by atoms with Crippen LogP contribution in [0.15, 0.2) is 47.9 Å². The molecule has 0 atom stereocenters. The number of carbonyl (C=O) groups is 1. The lowest BCUT2D eigenvalue weighted by Crippen LogP contribution is -2.52. The fourth-order valence-corrected chi connectivity index (χ4v) is 4.44. The van der Waals surface area contributed by atoms with Gasteiger partial charge in [0, 0.05) is 24.0 Å². The molecule has 0 unspecified atom stereocenters. The van der Waals surface area contributed by atoms with E-state index in [9.17, 15) is 9.18 Å². The largest absolute Gasteiger partial charge is 0.353 e.